The van der Waals surface area contributed by atoms with Crippen LogP contribution in [0, 0.1) is 5.92 Å². The van der Waals surface area contributed by atoms with Gasteiger partial charge in [0.05, 0.1) is 11.5 Å². The van der Waals surface area contributed by atoms with Gasteiger partial charge in [0.15, 0.2) is 0 Å². The summed E-state index contributed by atoms with van der Waals surface area (Å²) in [5, 5.41) is 9.15. The fourth-order valence-corrected chi connectivity index (χ4v) is 4.33. The summed E-state index contributed by atoms with van der Waals surface area (Å²) >= 11 is 0. The van der Waals surface area contributed by atoms with Crippen LogP contribution in [0.2, 0.25) is 0 Å². The first-order chi connectivity index (χ1) is 9.44. The summed E-state index contributed by atoms with van der Waals surface area (Å²) in [6, 6.07) is 1.48. The fraction of sp³-hybridized carbons (Fsp3) is 0.714. The number of aliphatic hydroxyl groups is 1. The summed E-state index contributed by atoms with van der Waals surface area (Å²) in [6.45, 7) is 1.79. The molecule has 0 bridgehead atoms. The lowest BCUT2D eigenvalue weighted by molar-refractivity contribution is 0.272. The van der Waals surface area contributed by atoms with Gasteiger partial charge in [-0.05, 0) is 31.7 Å². The van der Waals surface area contributed by atoms with E-state index in [9.17, 15) is 8.42 Å². The van der Waals surface area contributed by atoms with Crippen molar-refractivity contribution in [3.8, 4) is 0 Å². The van der Waals surface area contributed by atoms with E-state index < -0.39 is 10.0 Å². The second-order valence-electron chi connectivity index (χ2n) is 5.74. The molecule has 1 atom stereocenters. The van der Waals surface area contributed by atoms with Gasteiger partial charge in [-0.1, -0.05) is 19.3 Å². The molecular weight excluding hydrogens is 276 g/mol. The van der Waals surface area contributed by atoms with Crippen LogP contribution in [0.4, 0.5) is 0 Å². The van der Waals surface area contributed by atoms with E-state index in [0.717, 1.165) is 12.8 Å². The van der Waals surface area contributed by atoms with E-state index in [1.165, 1.54) is 25.3 Å². The first-order valence-electron chi connectivity index (χ1n) is 7.22. The number of hydrogen-bond donors (Lipinski definition) is 2. The third-order valence-corrected chi connectivity index (χ3v) is 5.78. The number of nitrogens with zero attached hydrogens (tertiary/aromatic N) is 1. The van der Waals surface area contributed by atoms with Gasteiger partial charge < -0.3 is 9.67 Å². The molecule has 0 aliphatic heterocycles. The van der Waals surface area contributed by atoms with E-state index >= 15 is 0 Å². The SMILES string of the molecule is CC(NS(=O)(=O)c1cc(CO)n(C)c1)C1CCCCC1. The van der Waals surface area contributed by atoms with Crippen LogP contribution in [0.3, 0.4) is 0 Å². The Morgan fingerprint density at radius 3 is 2.60 bits per heavy atom. The molecule has 1 saturated carbocycles. The number of aryl methyl sites for hydroxylation is 1. The third kappa shape index (κ3) is 3.42. The number of hydrogen-bond acceptors (Lipinski definition) is 3. The van der Waals surface area contributed by atoms with Crippen molar-refractivity contribution in [1.29, 1.82) is 0 Å². The highest BCUT2D eigenvalue weighted by molar-refractivity contribution is 7.89. The lowest BCUT2D eigenvalue weighted by atomic mass is 9.85. The highest BCUT2D eigenvalue weighted by Gasteiger charge is 2.26. The Morgan fingerprint density at radius 1 is 1.40 bits per heavy atom. The molecule has 6 heteroatoms. The lowest BCUT2D eigenvalue weighted by Crippen LogP contribution is -2.38. The minimum absolute atomic E-state index is 0.0434. The predicted molar refractivity (Wildman–Crippen MR) is 77.7 cm³/mol. The summed E-state index contributed by atoms with van der Waals surface area (Å²) in [6.07, 6.45) is 7.38. The zero-order chi connectivity index (χ0) is 14.8. The maximum absolute atomic E-state index is 12.4. The normalized spacial score (nSPS) is 19.1. The average molecular weight is 300 g/mol. The first-order valence-corrected chi connectivity index (χ1v) is 8.71. The third-order valence-electron chi connectivity index (χ3n) is 4.25. The van der Waals surface area contributed by atoms with Crippen LogP contribution in [0.15, 0.2) is 17.2 Å². The summed E-state index contributed by atoms with van der Waals surface area (Å²) in [5.74, 6) is 0.430. The van der Waals surface area contributed by atoms with Gasteiger partial charge in [-0.25, -0.2) is 13.1 Å². The second-order valence-corrected chi connectivity index (χ2v) is 7.46. The fourth-order valence-electron chi connectivity index (χ4n) is 2.92. The van der Waals surface area contributed by atoms with Gasteiger partial charge in [-0.3, -0.25) is 0 Å². The maximum Gasteiger partial charge on any atom is 0.242 e. The highest BCUT2D eigenvalue weighted by Crippen LogP contribution is 2.27. The van der Waals surface area contributed by atoms with Crippen molar-refractivity contribution in [2.24, 2.45) is 13.0 Å². The molecule has 0 amide bonds. The zero-order valence-electron chi connectivity index (χ0n) is 12.2. The van der Waals surface area contributed by atoms with E-state index in [2.05, 4.69) is 4.72 Å². The number of rotatable bonds is 5. The monoisotopic (exact) mass is 300 g/mol. The molecule has 1 heterocycles. The summed E-state index contributed by atoms with van der Waals surface area (Å²) < 4.78 is 29.1. The van der Waals surface area contributed by atoms with E-state index in [-0.39, 0.29) is 17.5 Å². The zero-order valence-corrected chi connectivity index (χ0v) is 13.0. The Bertz CT molecular complexity index is 545. The molecule has 1 aliphatic carbocycles. The van der Waals surface area contributed by atoms with E-state index in [4.69, 9.17) is 5.11 Å². The van der Waals surface area contributed by atoms with Gasteiger partial charge in [0.1, 0.15) is 0 Å². The molecule has 5 nitrogen and oxygen atoms in total. The van der Waals surface area contributed by atoms with Gasteiger partial charge in [-0.2, -0.15) is 0 Å². The Kier molecular flexibility index (Phi) is 4.88. The topological polar surface area (TPSA) is 71.3 Å². The van der Waals surface area contributed by atoms with E-state index in [1.807, 2.05) is 6.92 Å². The quantitative estimate of drug-likeness (QED) is 0.870. The van der Waals surface area contributed by atoms with Gasteiger partial charge in [0, 0.05) is 25.0 Å². The van der Waals surface area contributed by atoms with Crippen LogP contribution in [-0.4, -0.2) is 24.1 Å². The van der Waals surface area contributed by atoms with Crippen LogP contribution in [0.25, 0.3) is 0 Å². The number of aromatic nitrogens is 1. The van der Waals surface area contributed by atoms with Gasteiger partial charge in [0.2, 0.25) is 10.0 Å². The Morgan fingerprint density at radius 2 is 2.05 bits per heavy atom. The standard InChI is InChI=1S/C14H24N2O3S/c1-11(12-6-4-3-5-7-12)15-20(18,19)14-8-13(10-17)16(2)9-14/h8-9,11-12,15,17H,3-7,10H2,1-2H3. The number of nitrogens with one attached hydrogen (secondary N) is 1. The maximum atomic E-state index is 12.4. The van der Waals surface area contributed by atoms with Crippen molar-refractivity contribution in [3.05, 3.63) is 18.0 Å². The molecule has 0 spiro atoms. The lowest BCUT2D eigenvalue weighted by Gasteiger charge is -2.27. The molecular formula is C14H24N2O3S. The largest absolute Gasteiger partial charge is 0.390 e. The number of sulfonamides is 1. The Labute approximate surface area is 121 Å². The minimum Gasteiger partial charge on any atom is -0.390 e. The summed E-state index contributed by atoms with van der Waals surface area (Å²) in [7, 11) is -1.77. The Balaban J connectivity index is 2.09. The molecule has 0 aromatic carbocycles. The second kappa shape index (κ2) is 6.28. The average Bonchev–Trinajstić information content (AvgIpc) is 2.81. The van der Waals surface area contributed by atoms with Crippen LogP contribution in [-0.2, 0) is 23.7 Å². The summed E-state index contributed by atoms with van der Waals surface area (Å²) in [4.78, 5) is 0.228. The minimum atomic E-state index is -3.50. The molecule has 0 radical (unpaired) electrons. The highest BCUT2D eigenvalue weighted by atomic mass is 32.2. The van der Waals surface area contributed by atoms with E-state index in [1.54, 1.807) is 17.8 Å². The summed E-state index contributed by atoms with van der Waals surface area (Å²) in [5.41, 5.74) is 0.593. The van der Waals surface area contributed by atoms with Crippen molar-refractivity contribution in [1.82, 2.24) is 9.29 Å². The molecule has 1 aromatic heterocycles. The Hall–Kier alpha value is -0.850. The van der Waals surface area contributed by atoms with Crippen molar-refractivity contribution in [3.63, 3.8) is 0 Å². The van der Waals surface area contributed by atoms with Crippen LogP contribution in [0.1, 0.15) is 44.7 Å². The molecule has 20 heavy (non-hydrogen) atoms. The van der Waals surface area contributed by atoms with Gasteiger partial charge in [0.25, 0.3) is 0 Å². The van der Waals surface area contributed by atoms with Crippen molar-refractivity contribution < 1.29 is 13.5 Å². The number of aliphatic hydroxyl groups excluding tert-OH is 1. The van der Waals surface area contributed by atoms with E-state index in [0.29, 0.717) is 11.6 Å². The molecule has 0 saturated heterocycles. The van der Waals surface area contributed by atoms with Crippen LogP contribution < -0.4 is 4.72 Å². The molecule has 2 N–H and O–H groups in total. The first kappa shape index (κ1) is 15.5. The van der Waals surface area contributed by atoms with Gasteiger partial charge >= 0.3 is 0 Å². The predicted octanol–water partition coefficient (Wildman–Crippen LogP) is 1.76. The molecule has 1 fully saturated rings. The molecule has 1 unspecified atom stereocenters. The molecule has 2 rings (SSSR count). The van der Waals surface area contributed by atoms with Gasteiger partial charge in [-0.15, -0.1) is 0 Å². The van der Waals surface area contributed by atoms with Crippen molar-refractivity contribution in [2.75, 3.05) is 0 Å². The smallest absolute Gasteiger partial charge is 0.242 e. The van der Waals surface area contributed by atoms with Crippen LogP contribution >= 0.6 is 0 Å². The van der Waals surface area contributed by atoms with Crippen molar-refractivity contribution >= 4 is 10.0 Å². The molecule has 1 aromatic rings. The van der Waals surface area contributed by atoms with Crippen LogP contribution in [0.5, 0.6) is 0 Å². The molecule has 1 aliphatic rings. The molecule has 114 valence electrons. The van der Waals surface area contributed by atoms with Crippen molar-refractivity contribution in [2.45, 2.75) is 56.6 Å².